The maximum Gasteiger partial charge on any atom is 0.175 e. The summed E-state index contributed by atoms with van der Waals surface area (Å²) in [6, 6.07) is 16.1. The van der Waals surface area contributed by atoms with Gasteiger partial charge in [0.1, 0.15) is 0 Å². The number of anilines is 4. The topological polar surface area (TPSA) is 30.5 Å². The van der Waals surface area contributed by atoms with E-state index in [9.17, 15) is 0 Å². The van der Waals surface area contributed by atoms with Crippen molar-refractivity contribution in [2.45, 2.75) is 0 Å². The molecule has 0 aliphatic heterocycles. The number of hydrogen-bond acceptors (Lipinski definition) is 3. The van der Waals surface area contributed by atoms with Crippen LogP contribution in [0, 0.1) is 0 Å². The van der Waals surface area contributed by atoms with E-state index in [1.807, 2.05) is 64.6 Å². The van der Waals surface area contributed by atoms with E-state index in [4.69, 9.17) is 12.2 Å². The first kappa shape index (κ1) is 16.1. The van der Waals surface area contributed by atoms with Gasteiger partial charge in [-0.2, -0.15) is 0 Å². The van der Waals surface area contributed by atoms with E-state index in [0.717, 1.165) is 22.7 Å². The smallest absolute Gasteiger partial charge is 0.175 e. The van der Waals surface area contributed by atoms with Gasteiger partial charge in [0.05, 0.1) is 22.7 Å². The summed E-state index contributed by atoms with van der Waals surface area (Å²) in [6.45, 7) is 0. The van der Waals surface area contributed by atoms with Crippen LogP contribution in [0.25, 0.3) is 0 Å². The van der Waals surface area contributed by atoms with Gasteiger partial charge < -0.3 is 20.4 Å². The maximum absolute atomic E-state index is 5.45. The van der Waals surface area contributed by atoms with E-state index >= 15 is 0 Å². The SMILES string of the molecule is CN(C)c1ccccc1NC(=S)Nc1ccccc1N(C)C. The first-order valence-corrected chi connectivity index (χ1v) is 7.50. The molecule has 0 amide bonds. The zero-order chi connectivity index (χ0) is 16.1. The summed E-state index contributed by atoms with van der Waals surface area (Å²) in [7, 11) is 8.05. The van der Waals surface area contributed by atoms with E-state index in [1.165, 1.54) is 0 Å². The lowest BCUT2D eigenvalue weighted by molar-refractivity contribution is 1.13. The van der Waals surface area contributed by atoms with Crippen LogP contribution in [-0.4, -0.2) is 33.3 Å². The van der Waals surface area contributed by atoms with Crippen LogP contribution in [0.15, 0.2) is 48.5 Å². The summed E-state index contributed by atoms with van der Waals surface area (Å²) >= 11 is 5.45. The lowest BCUT2D eigenvalue weighted by Crippen LogP contribution is -2.22. The highest BCUT2D eigenvalue weighted by atomic mass is 32.1. The molecule has 2 aromatic rings. The Morgan fingerprint density at radius 1 is 0.727 bits per heavy atom. The molecule has 0 atom stereocenters. The third kappa shape index (κ3) is 3.89. The highest BCUT2D eigenvalue weighted by Crippen LogP contribution is 2.26. The highest BCUT2D eigenvalue weighted by Gasteiger charge is 2.08. The van der Waals surface area contributed by atoms with Gasteiger partial charge in [0, 0.05) is 28.2 Å². The zero-order valence-corrected chi connectivity index (χ0v) is 14.2. The molecule has 0 saturated heterocycles. The van der Waals surface area contributed by atoms with Gasteiger partial charge in [0.15, 0.2) is 5.11 Å². The van der Waals surface area contributed by atoms with Crippen molar-refractivity contribution in [2.75, 3.05) is 48.6 Å². The molecule has 22 heavy (non-hydrogen) atoms. The van der Waals surface area contributed by atoms with E-state index in [-0.39, 0.29) is 0 Å². The summed E-state index contributed by atoms with van der Waals surface area (Å²) in [5.41, 5.74) is 4.14. The Bertz CT molecular complexity index is 597. The fourth-order valence-electron chi connectivity index (χ4n) is 2.21. The molecule has 0 bridgehead atoms. The van der Waals surface area contributed by atoms with Gasteiger partial charge in [-0.15, -0.1) is 0 Å². The summed E-state index contributed by atoms with van der Waals surface area (Å²) in [6.07, 6.45) is 0. The van der Waals surface area contributed by atoms with Crippen molar-refractivity contribution in [1.29, 1.82) is 0 Å². The molecule has 0 heterocycles. The van der Waals surface area contributed by atoms with Crippen LogP contribution in [-0.2, 0) is 0 Å². The molecule has 0 aliphatic rings. The van der Waals surface area contributed by atoms with Crippen LogP contribution in [0.3, 0.4) is 0 Å². The first-order valence-electron chi connectivity index (χ1n) is 7.09. The Morgan fingerprint density at radius 2 is 1.09 bits per heavy atom. The lowest BCUT2D eigenvalue weighted by Gasteiger charge is -2.21. The number of nitrogens with one attached hydrogen (secondary N) is 2. The Morgan fingerprint density at radius 3 is 1.45 bits per heavy atom. The Labute approximate surface area is 137 Å². The molecule has 0 radical (unpaired) electrons. The van der Waals surface area contributed by atoms with Crippen LogP contribution in [0.4, 0.5) is 22.7 Å². The van der Waals surface area contributed by atoms with Gasteiger partial charge in [-0.1, -0.05) is 24.3 Å². The second-order valence-electron chi connectivity index (χ2n) is 5.40. The van der Waals surface area contributed by atoms with Crippen LogP contribution >= 0.6 is 12.2 Å². The van der Waals surface area contributed by atoms with Crippen molar-refractivity contribution >= 4 is 40.1 Å². The minimum absolute atomic E-state index is 0.573. The average Bonchev–Trinajstić information content (AvgIpc) is 2.47. The monoisotopic (exact) mass is 314 g/mol. The predicted octanol–water partition coefficient (Wildman–Crippen LogP) is 3.63. The summed E-state index contributed by atoms with van der Waals surface area (Å²) in [4.78, 5) is 4.11. The largest absolute Gasteiger partial charge is 0.376 e. The molecule has 0 aromatic heterocycles. The molecular weight excluding hydrogens is 292 g/mol. The van der Waals surface area contributed by atoms with Crippen molar-refractivity contribution in [3.8, 4) is 0 Å². The standard InChI is InChI=1S/C17H22N4S/c1-20(2)15-11-7-5-9-13(15)18-17(22)19-14-10-6-8-12-16(14)21(3)4/h5-12H,1-4H3,(H2,18,19,22). The second-order valence-corrected chi connectivity index (χ2v) is 5.81. The Balaban J connectivity index is 2.15. The molecule has 4 nitrogen and oxygen atoms in total. The molecule has 0 spiro atoms. The average molecular weight is 314 g/mol. The second kappa shape index (κ2) is 7.13. The van der Waals surface area contributed by atoms with E-state index in [1.54, 1.807) is 0 Å². The minimum Gasteiger partial charge on any atom is -0.376 e. The van der Waals surface area contributed by atoms with Crippen molar-refractivity contribution < 1.29 is 0 Å². The summed E-state index contributed by atoms with van der Waals surface area (Å²) in [5, 5.41) is 7.11. The van der Waals surface area contributed by atoms with Crippen molar-refractivity contribution in [3.63, 3.8) is 0 Å². The predicted molar refractivity (Wildman–Crippen MR) is 101 cm³/mol. The molecule has 2 aromatic carbocycles. The van der Waals surface area contributed by atoms with Crippen LogP contribution < -0.4 is 20.4 Å². The molecular formula is C17H22N4S. The number of para-hydroxylation sites is 4. The van der Waals surface area contributed by atoms with Crippen molar-refractivity contribution in [2.24, 2.45) is 0 Å². The van der Waals surface area contributed by atoms with Gasteiger partial charge in [0.2, 0.25) is 0 Å². The van der Waals surface area contributed by atoms with E-state index in [0.29, 0.717) is 5.11 Å². The number of benzene rings is 2. The third-order valence-electron chi connectivity index (χ3n) is 3.27. The molecule has 0 saturated carbocycles. The number of thiocarbonyl (C=S) groups is 1. The maximum atomic E-state index is 5.45. The quantitative estimate of drug-likeness (QED) is 0.842. The molecule has 2 N–H and O–H groups in total. The molecule has 0 fully saturated rings. The minimum atomic E-state index is 0.573. The normalized spacial score (nSPS) is 10.0. The van der Waals surface area contributed by atoms with Crippen LogP contribution in [0.1, 0.15) is 0 Å². The van der Waals surface area contributed by atoms with Gasteiger partial charge >= 0.3 is 0 Å². The molecule has 0 aliphatic carbocycles. The van der Waals surface area contributed by atoms with E-state index < -0.39 is 0 Å². The van der Waals surface area contributed by atoms with Crippen molar-refractivity contribution in [3.05, 3.63) is 48.5 Å². The lowest BCUT2D eigenvalue weighted by atomic mass is 10.2. The number of nitrogens with zero attached hydrogens (tertiary/aromatic N) is 2. The summed E-state index contributed by atoms with van der Waals surface area (Å²) < 4.78 is 0. The summed E-state index contributed by atoms with van der Waals surface area (Å²) in [5.74, 6) is 0. The van der Waals surface area contributed by atoms with Gasteiger partial charge in [-0.25, -0.2) is 0 Å². The van der Waals surface area contributed by atoms with Crippen molar-refractivity contribution in [1.82, 2.24) is 0 Å². The van der Waals surface area contributed by atoms with Crippen LogP contribution in [0.2, 0.25) is 0 Å². The van der Waals surface area contributed by atoms with E-state index in [2.05, 4.69) is 32.6 Å². The highest BCUT2D eigenvalue weighted by molar-refractivity contribution is 7.80. The Hall–Kier alpha value is -2.27. The fraction of sp³-hybridized carbons (Fsp3) is 0.235. The first-order chi connectivity index (χ1) is 10.5. The van der Waals surface area contributed by atoms with Crippen LogP contribution in [0.5, 0.6) is 0 Å². The third-order valence-corrected chi connectivity index (χ3v) is 3.47. The van der Waals surface area contributed by atoms with Gasteiger partial charge in [-0.3, -0.25) is 0 Å². The fourth-order valence-corrected chi connectivity index (χ4v) is 2.43. The number of rotatable bonds is 4. The van der Waals surface area contributed by atoms with Gasteiger partial charge in [-0.05, 0) is 36.5 Å². The van der Waals surface area contributed by atoms with Gasteiger partial charge in [0.25, 0.3) is 0 Å². The molecule has 0 unspecified atom stereocenters. The number of hydrogen-bond donors (Lipinski definition) is 2. The molecule has 5 heteroatoms. The zero-order valence-electron chi connectivity index (χ0n) is 13.4. The molecule has 2 rings (SSSR count). The molecule has 116 valence electrons. The Kier molecular flexibility index (Phi) is 5.22.